The number of hydrogen-bond acceptors (Lipinski definition) is 6. The van der Waals surface area contributed by atoms with E-state index in [9.17, 15) is 23.1 Å². The Morgan fingerprint density at radius 3 is 2.32 bits per heavy atom. The van der Waals surface area contributed by atoms with Crippen LogP contribution in [-0.4, -0.2) is 21.0 Å². The number of thiazole rings is 1. The third-order valence-corrected chi connectivity index (χ3v) is 6.10. The standard InChI is InChI=1S/C12H9F3N4OS.C9H12O/c1-3-18-8-4-2-5(16)7(10(17)20)6(4)9(12(13,14)15)19-11(8)21-3;1-6-4-5-9(10)8(3)7(6)2/h2,16H2,1H3,(H2,17,20);4-5,10H,1-3H3. The van der Waals surface area contributed by atoms with E-state index in [1.807, 2.05) is 26.8 Å². The molecule has 0 fully saturated rings. The first-order valence-corrected chi connectivity index (χ1v) is 10.1. The molecule has 0 saturated carbocycles. The molecule has 0 bridgehead atoms. The maximum atomic E-state index is 13.2. The van der Waals surface area contributed by atoms with Crippen LogP contribution >= 0.6 is 11.3 Å². The van der Waals surface area contributed by atoms with Gasteiger partial charge in [0.25, 0.3) is 5.91 Å². The van der Waals surface area contributed by atoms with Crippen molar-refractivity contribution in [2.24, 2.45) is 11.5 Å². The second-order valence-electron chi connectivity index (χ2n) is 7.29. The smallest absolute Gasteiger partial charge is 0.434 e. The molecule has 2 aromatic heterocycles. The highest BCUT2D eigenvalue weighted by Gasteiger charge is 2.42. The van der Waals surface area contributed by atoms with Gasteiger partial charge in [-0.25, -0.2) is 9.97 Å². The number of primary amides is 1. The number of allylic oxidation sites excluding steroid dienone is 1. The van der Waals surface area contributed by atoms with Crippen LogP contribution in [0.1, 0.15) is 38.5 Å². The molecule has 1 aromatic carbocycles. The van der Waals surface area contributed by atoms with Gasteiger partial charge in [-0.3, -0.25) is 4.79 Å². The van der Waals surface area contributed by atoms with Gasteiger partial charge in [-0.2, -0.15) is 13.2 Å². The number of alkyl halides is 3. The number of amides is 1. The monoisotopic (exact) mass is 450 g/mol. The van der Waals surface area contributed by atoms with Crippen molar-refractivity contribution in [2.45, 2.75) is 40.3 Å². The number of hydrogen-bond donors (Lipinski definition) is 3. The third-order valence-electron chi connectivity index (χ3n) is 5.24. The Morgan fingerprint density at radius 2 is 1.77 bits per heavy atom. The van der Waals surface area contributed by atoms with Gasteiger partial charge in [-0.1, -0.05) is 17.4 Å². The number of aromatic hydroxyl groups is 1. The van der Waals surface area contributed by atoms with Gasteiger partial charge in [0.05, 0.1) is 10.6 Å². The van der Waals surface area contributed by atoms with Crippen molar-refractivity contribution in [1.29, 1.82) is 0 Å². The molecular formula is C21H21F3N4O2S. The zero-order chi connectivity index (χ0) is 23.2. The lowest BCUT2D eigenvalue weighted by molar-refractivity contribution is -0.141. The molecule has 6 nitrogen and oxygen atoms in total. The van der Waals surface area contributed by atoms with Crippen molar-refractivity contribution in [2.75, 3.05) is 0 Å². The SMILES string of the molecule is Cc1ccc(O)c(C)c1C.Cc1nc2c3c(c(C(F)(F)F)nc2s1)C(C(N)=O)=C(N)C3. The molecule has 1 aliphatic rings. The number of halogens is 3. The third kappa shape index (κ3) is 4.07. The summed E-state index contributed by atoms with van der Waals surface area (Å²) in [7, 11) is 0. The van der Waals surface area contributed by atoms with Crippen LogP contribution in [0.2, 0.25) is 0 Å². The first kappa shape index (κ1) is 22.5. The largest absolute Gasteiger partial charge is 0.508 e. The molecular weight excluding hydrogens is 429 g/mol. The molecule has 0 unspecified atom stereocenters. The lowest BCUT2D eigenvalue weighted by Crippen LogP contribution is -2.19. The number of nitrogens with two attached hydrogens (primary N) is 2. The first-order valence-electron chi connectivity index (χ1n) is 9.24. The van der Waals surface area contributed by atoms with E-state index in [0.29, 0.717) is 16.3 Å². The minimum atomic E-state index is -4.71. The molecule has 0 saturated heterocycles. The van der Waals surface area contributed by atoms with E-state index in [1.54, 1.807) is 13.0 Å². The number of pyridine rings is 1. The summed E-state index contributed by atoms with van der Waals surface area (Å²) in [5.41, 5.74) is 13.1. The van der Waals surface area contributed by atoms with E-state index in [-0.39, 0.29) is 33.6 Å². The molecule has 0 radical (unpaired) electrons. The maximum Gasteiger partial charge on any atom is 0.434 e. The van der Waals surface area contributed by atoms with Crippen LogP contribution < -0.4 is 11.5 Å². The summed E-state index contributed by atoms with van der Waals surface area (Å²) >= 11 is 1.06. The highest BCUT2D eigenvalue weighted by Crippen LogP contribution is 2.43. The molecule has 10 heteroatoms. The highest BCUT2D eigenvalue weighted by molar-refractivity contribution is 7.18. The quantitative estimate of drug-likeness (QED) is 0.517. The fourth-order valence-electron chi connectivity index (χ4n) is 3.42. The van der Waals surface area contributed by atoms with Crippen molar-refractivity contribution < 1.29 is 23.1 Å². The van der Waals surface area contributed by atoms with Gasteiger partial charge in [0.15, 0.2) is 5.69 Å². The number of carbonyl (C=O) groups is 1. The van der Waals surface area contributed by atoms with Crippen molar-refractivity contribution in [3.8, 4) is 5.75 Å². The van der Waals surface area contributed by atoms with E-state index in [4.69, 9.17) is 11.5 Å². The predicted octanol–water partition coefficient (Wildman–Crippen LogP) is 4.05. The molecule has 2 heterocycles. The number of phenols is 1. The minimum Gasteiger partial charge on any atom is -0.508 e. The molecule has 1 amide bonds. The van der Waals surface area contributed by atoms with Gasteiger partial charge in [-0.15, -0.1) is 0 Å². The molecule has 0 atom stereocenters. The van der Waals surface area contributed by atoms with E-state index in [0.717, 1.165) is 16.9 Å². The summed E-state index contributed by atoms with van der Waals surface area (Å²) in [4.78, 5) is 19.5. The normalized spacial score (nSPS) is 13.3. The predicted molar refractivity (Wildman–Crippen MR) is 113 cm³/mol. The summed E-state index contributed by atoms with van der Waals surface area (Å²) in [6.45, 7) is 7.66. The van der Waals surface area contributed by atoms with Gasteiger partial charge in [0, 0.05) is 17.7 Å². The summed E-state index contributed by atoms with van der Waals surface area (Å²) in [5, 5.41) is 9.81. The number of aryl methyl sites for hydroxylation is 2. The number of fused-ring (bicyclic) bond motifs is 3. The second kappa shape index (κ2) is 7.84. The maximum absolute atomic E-state index is 13.2. The fraction of sp³-hybridized carbons (Fsp3) is 0.286. The average molecular weight is 450 g/mol. The number of aromatic nitrogens is 2. The zero-order valence-corrected chi connectivity index (χ0v) is 18.1. The molecule has 5 N–H and O–H groups in total. The molecule has 0 aliphatic heterocycles. The van der Waals surface area contributed by atoms with Crippen LogP contribution in [-0.2, 0) is 17.4 Å². The van der Waals surface area contributed by atoms with E-state index in [2.05, 4.69) is 9.97 Å². The number of phenolic OH excluding ortho intramolecular Hbond substituents is 1. The highest BCUT2D eigenvalue weighted by atomic mass is 32.1. The second-order valence-corrected chi connectivity index (χ2v) is 8.47. The van der Waals surface area contributed by atoms with Crippen molar-refractivity contribution in [1.82, 2.24) is 9.97 Å². The summed E-state index contributed by atoms with van der Waals surface area (Å²) < 4.78 is 39.7. The molecule has 4 rings (SSSR count). The topological polar surface area (TPSA) is 115 Å². The molecule has 0 spiro atoms. The number of carbonyl (C=O) groups excluding carboxylic acids is 1. The lowest BCUT2D eigenvalue weighted by Gasteiger charge is -2.12. The number of rotatable bonds is 1. The van der Waals surface area contributed by atoms with Crippen molar-refractivity contribution >= 4 is 33.2 Å². The summed E-state index contributed by atoms with van der Waals surface area (Å²) in [6, 6.07) is 3.66. The van der Waals surface area contributed by atoms with E-state index in [1.165, 1.54) is 11.1 Å². The number of benzene rings is 1. The Labute approximate surface area is 180 Å². The van der Waals surface area contributed by atoms with Crippen LogP contribution in [0.15, 0.2) is 17.8 Å². The van der Waals surface area contributed by atoms with E-state index >= 15 is 0 Å². The van der Waals surface area contributed by atoms with Crippen molar-refractivity contribution in [3.05, 3.63) is 56.3 Å². The zero-order valence-electron chi connectivity index (χ0n) is 17.3. The van der Waals surface area contributed by atoms with Crippen LogP contribution in [0.4, 0.5) is 13.2 Å². The molecule has 3 aromatic rings. The Bertz CT molecular complexity index is 1220. The van der Waals surface area contributed by atoms with Gasteiger partial charge in [0.1, 0.15) is 16.1 Å². The minimum absolute atomic E-state index is 0.0128. The first-order chi connectivity index (χ1) is 14.3. The van der Waals surface area contributed by atoms with Crippen LogP contribution in [0.5, 0.6) is 5.75 Å². The molecule has 31 heavy (non-hydrogen) atoms. The average Bonchev–Trinajstić information content (AvgIpc) is 3.20. The van der Waals surface area contributed by atoms with Gasteiger partial charge in [-0.05, 0) is 56.0 Å². The van der Waals surface area contributed by atoms with Gasteiger partial charge in [0.2, 0.25) is 0 Å². The van der Waals surface area contributed by atoms with Gasteiger partial charge >= 0.3 is 6.18 Å². The van der Waals surface area contributed by atoms with Crippen molar-refractivity contribution in [3.63, 3.8) is 0 Å². The summed E-state index contributed by atoms with van der Waals surface area (Å²) in [5.74, 6) is -0.604. The van der Waals surface area contributed by atoms with Crippen LogP contribution in [0, 0.1) is 27.7 Å². The fourth-order valence-corrected chi connectivity index (χ4v) is 4.24. The molecule has 1 aliphatic carbocycles. The van der Waals surface area contributed by atoms with Gasteiger partial charge < -0.3 is 16.6 Å². The molecule has 164 valence electrons. The van der Waals surface area contributed by atoms with Crippen LogP contribution in [0.25, 0.3) is 15.9 Å². The number of nitrogens with zero attached hydrogens (tertiary/aromatic N) is 2. The van der Waals surface area contributed by atoms with E-state index < -0.39 is 17.8 Å². The van der Waals surface area contributed by atoms with Crippen LogP contribution in [0.3, 0.4) is 0 Å². The Balaban J connectivity index is 0.000000229. The lowest BCUT2D eigenvalue weighted by atomic mass is 10.0. The summed E-state index contributed by atoms with van der Waals surface area (Å²) in [6.07, 6.45) is -4.69. The Hall–Kier alpha value is -3.14. The Kier molecular flexibility index (Phi) is 5.70. The Morgan fingerprint density at radius 1 is 1.13 bits per heavy atom.